The molecular formula is C22H24ClN3O. The van der Waals surface area contributed by atoms with Crippen molar-refractivity contribution >= 4 is 28.4 Å². The number of halogens is 1. The van der Waals surface area contributed by atoms with Crippen LogP contribution in [0, 0.1) is 11.8 Å². The highest BCUT2D eigenvalue weighted by Gasteiger charge is 2.26. The molecule has 1 aliphatic heterocycles. The molecule has 0 bridgehead atoms. The molecule has 4 nitrogen and oxygen atoms in total. The van der Waals surface area contributed by atoms with Crippen LogP contribution in [0.4, 0.5) is 0 Å². The minimum atomic E-state index is 0.132. The third kappa shape index (κ3) is 3.72. The van der Waals surface area contributed by atoms with E-state index in [9.17, 15) is 4.79 Å². The Morgan fingerprint density at radius 2 is 1.81 bits per heavy atom. The zero-order valence-corrected chi connectivity index (χ0v) is 16.5. The van der Waals surface area contributed by atoms with Gasteiger partial charge in [0, 0.05) is 29.1 Å². The molecule has 5 heteroatoms. The van der Waals surface area contributed by atoms with Crippen LogP contribution in [-0.4, -0.2) is 33.7 Å². The maximum Gasteiger partial charge on any atom is 0.244 e. The highest BCUT2D eigenvalue weighted by molar-refractivity contribution is 6.31. The smallest absolute Gasteiger partial charge is 0.244 e. The second-order valence-electron chi connectivity index (χ2n) is 7.78. The second-order valence-corrected chi connectivity index (χ2v) is 8.21. The standard InChI is InChI=1S/C22H24ClN3O/c1-15-10-16(2)13-25(12-15)21(27)14-26-20-9-8-18(23)11-19(20)22(24-26)17-6-4-3-5-7-17/h3-9,11,15-16H,10,12-14H2,1-2H3/t15-,16-/m0/s1. The third-order valence-electron chi connectivity index (χ3n) is 5.27. The Kier molecular flexibility index (Phi) is 4.92. The van der Waals surface area contributed by atoms with E-state index in [0.29, 0.717) is 16.9 Å². The quantitative estimate of drug-likeness (QED) is 0.649. The van der Waals surface area contributed by atoms with Crippen LogP contribution in [0.25, 0.3) is 22.2 Å². The van der Waals surface area contributed by atoms with Gasteiger partial charge in [-0.1, -0.05) is 55.8 Å². The lowest BCUT2D eigenvalue weighted by molar-refractivity contribution is -0.134. The van der Waals surface area contributed by atoms with Crippen molar-refractivity contribution < 1.29 is 4.79 Å². The molecule has 1 saturated heterocycles. The van der Waals surface area contributed by atoms with Gasteiger partial charge in [-0.25, -0.2) is 0 Å². The van der Waals surface area contributed by atoms with E-state index in [1.165, 1.54) is 6.42 Å². The van der Waals surface area contributed by atoms with E-state index >= 15 is 0 Å². The fraction of sp³-hybridized carbons (Fsp3) is 0.364. The molecule has 4 rings (SSSR count). The summed E-state index contributed by atoms with van der Waals surface area (Å²) >= 11 is 6.23. The van der Waals surface area contributed by atoms with Gasteiger partial charge < -0.3 is 4.90 Å². The number of carbonyl (C=O) groups is 1. The van der Waals surface area contributed by atoms with E-state index in [1.807, 2.05) is 58.1 Å². The van der Waals surface area contributed by atoms with Gasteiger partial charge in [0.15, 0.2) is 0 Å². The first-order valence-electron chi connectivity index (χ1n) is 9.50. The van der Waals surface area contributed by atoms with Gasteiger partial charge in [0.1, 0.15) is 12.2 Å². The van der Waals surface area contributed by atoms with Crippen molar-refractivity contribution in [3.8, 4) is 11.3 Å². The second kappa shape index (κ2) is 7.35. The molecular weight excluding hydrogens is 358 g/mol. The van der Waals surface area contributed by atoms with Crippen molar-refractivity contribution in [3.63, 3.8) is 0 Å². The van der Waals surface area contributed by atoms with Crippen molar-refractivity contribution in [2.24, 2.45) is 11.8 Å². The number of benzene rings is 2. The molecule has 1 fully saturated rings. The SMILES string of the molecule is C[C@H]1C[C@H](C)CN(C(=O)Cn2nc(-c3ccccc3)c3cc(Cl)ccc32)C1. The monoisotopic (exact) mass is 381 g/mol. The Bertz CT molecular complexity index is 956. The minimum Gasteiger partial charge on any atom is -0.341 e. The number of aromatic nitrogens is 2. The Balaban J connectivity index is 1.69. The third-order valence-corrected chi connectivity index (χ3v) is 5.50. The molecule has 2 atom stereocenters. The molecule has 1 aromatic heterocycles. The topological polar surface area (TPSA) is 38.1 Å². The molecule has 0 radical (unpaired) electrons. The van der Waals surface area contributed by atoms with Gasteiger partial charge in [0.2, 0.25) is 5.91 Å². The number of hydrogen-bond donors (Lipinski definition) is 0. The summed E-state index contributed by atoms with van der Waals surface area (Å²) in [6.45, 7) is 6.35. The van der Waals surface area contributed by atoms with Crippen molar-refractivity contribution in [2.45, 2.75) is 26.8 Å². The number of hydrogen-bond acceptors (Lipinski definition) is 2. The summed E-state index contributed by atoms with van der Waals surface area (Å²) < 4.78 is 1.82. The lowest BCUT2D eigenvalue weighted by Crippen LogP contribution is -2.44. The van der Waals surface area contributed by atoms with Crippen molar-refractivity contribution in [1.29, 1.82) is 0 Å². The van der Waals surface area contributed by atoms with Crippen LogP contribution in [0.5, 0.6) is 0 Å². The van der Waals surface area contributed by atoms with Crippen LogP contribution in [0.15, 0.2) is 48.5 Å². The van der Waals surface area contributed by atoms with E-state index < -0.39 is 0 Å². The van der Waals surface area contributed by atoms with Gasteiger partial charge >= 0.3 is 0 Å². The number of nitrogens with zero attached hydrogens (tertiary/aromatic N) is 3. The lowest BCUT2D eigenvalue weighted by atomic mass is 9.92. The van der Waals surface area contributed by atoms with E-state index in [4.69, 9.17) is 16.7 Å². The number of piperidine rings is 1. The van der Waals surface area contributed by atoms with Crippen LogP contribution < -0.4 is 0 Å². The minimum absolute atomic E-state index is 0.132. The first-order chi connectivity index (χ1) is 13.0. The van der Waals surface area contributed by atoms with Gasteiger partial charge in [-0.2, -0.15) is 5.10 Å². The summed E-state index contributed by atoms with van der Waals surface area (Å²) in [7, 11) is 0. The predicted molar refractivity (Wildman–Crippen MR) is 110 cm³/mol. The molecule has 1 amide bonds. The fourth-order valence-electron chi connectivity index (χ4n) is 4.18. The molecule has 0 saturated carbocycles. The number of rotatable bonds is 3. The first-order valence-corrected chi connectivity index (χ1v) is 9.88. The molecule has 2 heterocycles. The number of carbonyl (C=O) groups excluding carboxylic acids is 1. The Morgan fingerprint density at radius 3 is 2.52 bits per heavy atom. The summed E-state index contributed by atoms with van der Waals surface area (Å²) in [6, 6.07) is 15.8. The Morgan fingerprint density at radius 1 is 1.11 bits per heavy atom. The van der Waals surface area contributed by atoms with Gasteiger partial charge in [0.05, 0.1) is 5.52 Å². The molecule has 0 N–H and O–H groups in total. The van der Waals surface area contributed by atoms with E-state index in [0.717, 1.165) is 35.2 Å². The van der Waals surface area contributed by atoms with Gasteiger partial charge in [-0.05, 0) is 36.5 Å². The van der Waals surface area contributed by atoms with Crippen LogP contribution in [0.2, 0.25) is 5.02 Å². The molecule has 1 aliphatic rings. The van der Waals surface area contributed by atoms with Crippen molar-refractivity contribution in [3.05, 3.63) is 53.6 Å². The van der Waals surface area contributed by atoms with E-state index in [1.54, 1.807) is 0 Å². The molecule has 3 aromatic rings. The molecule has 0 aliphatic carbocycles. The fourth-order valence-corrected chi connectivity index (χ4v) is 4.35. The van der Waals surface area contributed by atoms with Crippen LogP contribution in [0.3, 0.4) is 0 Å². The summed E-state index contributed by atoms with van der Waals surface area (Å²) in [6.07, 6.45) is 1.19. The normalized spacial score (nSPS) is 20.2. The first kappa shape index (κ1) is 18.1. The molecule has 2 aromatic carbocycles. The lowest BCUT2D eigenvalue weighted by Gasteiger charge is -2.35. The maximum absolute atomic E-state index is 13.0. The average Bonchev–Trinajstić information content (AvgIpc) is 2.99. The number of fused-ring (bicyclic) bond motifs is 1. The van der Waals surface area contributed by atoms with Gasteiger partial charge in [-0.15, -0.1) is 0 Å². The van der Waals surface area contributed by atoms with Crippen LogP contribution in [-0.2, 0) is 11.3 Å². The summed E-state index contributed by atoms with van der Waals surface area (Å²) in [5, 5.41) is 6.43. The molecule has 0 unspecified atom stereocenters. The molecule has 140 valence electrons. The van der Waals surface area contributed by atoms with Gasteiger partial charge in [-0.3, -0.25) is 9.48 Å². The average molecular weight is 382 g/mol. The highest BCUT2D eigenvalue weighted by atomic mass is 35.5. The molecule has 27 heavy (non-hydrogen) atoms. The maximum atomic E-state index is 13.0. The Labute approximate surface area is 164 Å². The zero-order chi connectivity index (χ0) is 19.0. The predicted octanol–water partition coefficient (Wildman–Crippen LogP) is 4.86. The summed E-state index contributed by atoms with van der Waals surface area (Å²) in [4.78, 5) is 14.9. The number of likely N-dealkylation sites (tertiary alicyclic amines) is 1. The van der Waals surface area contributed by atoms with Crippen LogP contribution in [0.1, 0.15) is 20.3 Å². The highest BCUT2D eigenvalue weighted by Crippen LogP contribution is 2.30. The van der Waals surface area contributed by atoms with E-state index in [2.05, 4.69) is 13.8 Å². The van der Waals surface area contributed by atoms with E-state index in [-0.39, 0.29) is 12.5 Å². The van der Waals surface area contributed by atoms with Gasteiger partial charge in [0.25, 0.3) is 0 Å². The summed E-state index contributed by atoms with van der Waals surface area (Å²) in [5.41, 5.74) is 2.82. The zero-order valence-electron chi connectivity index (χ0n) is 15.7. The van der Waals surface area contributed by atoms with Crippen LogP contribution >= 0.6 is 11.6 Å². The Hall–Kier alpha value is -2.33. The largest absolute Gasteiger partial charge is 0.341 e. The number of amides is 1. The molecule has 0 spiro atoms. The summed E-state index contributed by atoms with van der Waals surface area (Å²) in [5.74, 6) is 1.23. The van der Waals surface area contributed by atoms with Crippen molar-refractivity contribution in [1.82, 2.24) is 14.7 Å². The van der Waals surface area contributed by atoms with Crippen molar-refractivity contribution in [2.75, 3.05) is 13.1 Å².